The number of nitrogens with two attached hydrogens (primary N) is 1. The van der Waals surface area contributed by atoms with E-state index in [1.165, 1.54) is 0 Å². The quantitative estimate of drug-likeness (QED) is 0.229. The maximum Gasteiger partial charge on any atom is 0.243 e. The normalized spacial score (nSPS) is 18.9. The molecule has 46 heavy (non-hydrogen) atoms. The number of fused-ring (bicyclic) bond motifs is 2. The number of aromatic amines is 1. The fraction of sp³-hybridized carbons (Fsp3) is 0.441. The minimum atomic E-state index is -0.763. The number of nitrogens with one attached hydrogen (secondary N) is 3. The Morgan fingerprint density at radius 1 is 1.04 bits per heavy atom. The lowest BCUT2D eigenvalue weighted by molar-refractivity contribution is -0.133. The van der Waals surface area contributed by atoms with Gasteiger partial charge in [-0.3, -0.25) is 14.4 Å². The average molecular weight is 645 g/mol. The summed E-state index contributed by atoms with van der Waals surface area (Å²) in [7, 11) is 0. The SMILES string of the molecule is CSCC[C@@H]1NC(=O)CCCN(C(=O)[C@H](N)Cc2c[nH]c3ccccc23)CCn2nc(-c3ccccc3)nc2[C@@H](C(C)C)NC1=O. The Hall–Kier alpha value is -4.16. The van der Waals surface area contributed by atoms with Gasteiger partial charge in [0.15, 0.2) is 11.6 Å². The van der Waals surface area contributed by atoms with Gasteiger partial charge in [0.2, 0.25) is 17.7 Å². The topological polar surface area (TPSA) is 151 Å². The first kappa shape index (κ1) is 33.2. The number of rotatable bonds is 8. The Labute approximate surface area is 274 Å². The number of benzene rings is 2. The number of carbonyl (C=O) groups excluding carboxylic acids is 3. The monoisotopic (exact) mass is 644 g/mol. The number of thioether (sulfide) groups is 1. The van der Waals surface area contributed by atoms with Gasteiger partial charge in [-0.05, 0) is 48.8 Å². The third kappa shape index (κ3) is 7.97. The molecule has 0 saturated heterocycles. The van der Waals surface area contributed by atoms with Crippen LogP contribution in [0, 0.1) is 5.92 Å². The summed E-state index contributed by atoms with van der Waals surface area (Å²) in [4.78, 5) is 50.5. The lowest BCUT2D eigenvalue weighted by atomic mass is 10.0. The van der Waals surface area contributed by atoms with Crippen molar-refractivity contribution < 1.29 is 14.4 Å². The fourth-order valence-corrected chi connectivity index (χ4v) is 6.32. The summed E-state index contributed by atoms with van der Waals surface area (Å²) in [6, 6.07) is 15.7. The van der Waals surface area contributed by atoms with Crippen LogP contribution in [0.5, 0.6) is 0 Å². The number of hydrogen-bond donors (Lipinski definition) is 4. The van der Waals surface area contributed by atoms with Gasteiger partial charge in [0.25, 0.3) is 0 Å². The molecular weight excluding hydrogens is 600 g/mol. The molecule has 2 aromatic heterocycles. The van der Waals surface area contributed by atoms with Crippen LogP contribution in [0.1, 0.15) is 50.5 Å². The van der Waals surface area contributed by atoms with Crippen LogP contribution in [-0.4, -0.2) is 79.6 Å². The number of carbonyl (C=O) groups is 3. The molecule has 3 atom stereocenters. The molecule has 0 bridgehead atoms. The molecule has 12 heteroatoms. The van der Waals surface area contributed by atoms with Gasteiger partial charge in [-0.2, -0.15) is 16.9 Å². The summed E-state index contributed by atoms with van der Waals surface area (Å²) in [5.41, 5.74) is 9.40. The van der Waals surface area contributed by atoms with E-state index in [1.54, 1.807) is 21.3 Å². The summed E-state index contributed by atoms with van der Waals surface area (Å²) >= 11 is 1.62. The molecule has 2 aromatic carbocycles. The number of nitrogens with zero attached hydrogens (tertiary/aromatic N) is 4. The Bertz CT molecular complexity index is 1640. The zero-order valence-electron chi connectivity index (χ0n) is 26.7. The fourth-order valence-electron chi connectivity index (χ4n) is 5.85. The van der Waals surface area contributed by atoms with Gasteiger partial charge in [-0.25, -0.2) is 9.67 Å². The standard InChI is InChI=1S/C34H44N8O3S/c1-22(2)30-32-39-31(23-10-5-4-6-11-23)40-42(32)18-17-41(16-9-14-29(43)37-28(15-19-46-3)33(44)38-30)34(45)26(35)20-24-21-36-27-13-8-7-12-25(24)27/h4-8,10-13,21-22,26,28,30,36H,9,14-20,35H2,1-3H3,(H,37,43)(H,38,44)/t26-,28+,30-/m1/s1. The molecule has 4 aromatic rings. The molecule has 5 N–H and O–H groups in total. The van der Waals surface area contributed by atoms with Crippen LogP contribution in [0.3, 0.4) is 0 Å². The zero-order valence-corrected chi connectivity index (χ0v) is 27.6. The smallest absolute Gasteiger partial charge is 0.243 e. The van der Waals surface area contributed by atoms with Gasteiger partial charge in [0.05, 0.1) is 18.6 Å². The molecule has 0 fully saturated rings. The Kier molecular flexibility index (Phi) is 11.1. The van der Waals surface area contributed by atoms with Gasteiger partial charge >= 0.3 is 0 Å². The van der Waals surface area contributed by atoms with Crippen molar-refractivity contribution in [2.45, 2.75) is 64.2 Å². The average Bonchev–Trinajstić information content (AvgIpc) is 3.67. The van der Waals surface area contributed by atoms with Crippen molar-refractivity contribution in [3.05, 3.63) is 72.2 Å². The van der Waals surface area contributed by atoms with Gasteiger partial charge in [0, 0.05) is 42.2 Å². The van der Waals surface area contributed by atoms with Gasteiger partial charge in [0.1, 0.15) is 6.04 Å². The molecule has 3 heterocycles. The summed E-state index contributed by atoms with van der Waals surface area (Å²) in [6.45, 7) is 5.05. The highest BCUT2D eigenvalue weighted by Gasteiger charge is 2.31. The maximum atomic E-state index is 13.9. The lowest BCUT2D eigenvalue weighted by Gasteiger charge is -2.29. The largest absolute Gasteiger partial charge is 0.361 e. The summed E-state index contributed by atoms with van der Waals surface area (Å²) in [5, 5.41) is 12.0. The number of amides is 3. The predicted molar refractivity (Wildman–Crippen MR) is 182 cm³/mol. The van der Waals surface area contributed by atoms with E-state index in [2.05, 4.69) is 15.6 Å². The van der Waals surface area contributed by atoms with Gasteiger partial charge in [-0.15, -0.1) is 0 Å². The molecule has 11 nitrogen and oxygen atoms in total. The lowest BCUT2D eigenvalue weighted by Crippen LogP contribution is -2.50. The number of H-pyrrole nitrogens is 1. The van der Waals surface area contributed by atoms with Gasteiger partial charge < -0.3 is 26.3 Å². The molecule has 244 valence electrons. The summed E-state index contributed by atoms with van der Waals surface area (Å²) < 4.78 is 1.81. The minimum Gasteiger partial charge on any atom is -0.361 e. The van der Waals surface area contributed by atoms with E-state index >= 15 is 0 Å². The Morgan fingerprint density at radius 3 is 2.57 bits per heavy atom. The van der Waals surface area contributed by atoms with E-state index in [9.17, 15) is 14.4 Å². The third-order valence-electron chi connectivity index (χ3n) is 8.39. The molecular formula is C34H44N8O3S. The molecule has 5 rings (SSSR count). The van der Waals surface area contributed by atoms with Crippen molar-refractivity contribution in [2.24, 2.45) is 11.7 Å². The van der Waals surface area contributed by atoms with Crippen molar-refractivity contribution in [1.82, 2.24) is 35.3 Å². The second-order valence-corrected chi connectivity index (χ2v) is 13.1. The first-order chi connectivity index (χ1) is 22.2. The molecule has 0 saturated carbocycles. The van der Waals surface area contributed by atoms with Crippen LogP contribution >= 0.6 is 11.8 Å². The predicted octanol–water partition coefficient (Wildman–Crippen LogP) is 3.67. The van der Waals surface area contributed by atoms with Crippen molar-refractivity contribution in [3.8, 4) is 11.4 Å². The number of para-hydroxylation sites is 1. The molecule has 3 amide bonds. The van der Waals surface area contributed by atoms with Crippen LogP contribution in [0.25, 0.3) is 22.3 Å². The van der Waals surface area contributed by atoms with Crippen LogP contribution in [0.2, 0.25) is 0 Å². The van der Waals surface area contributed by atoms with Crippen molar-refractivity contribution in [3.63, 3.8) is 0 Å². The molecule has 0 spiro atoms. The van der Waals surface area contributed by atoms with E-state index in [1.807, 2.05) is 80.9 Å². The molecule has 1 aliphatic rings. The van der Waals surface area contributed by atoms with Crippen molar-refractivity contribution >= 4 is 40.4 Å². The van der Waals surface area contributed by atoms with Crippen LogP contribution in [-0.2, 0) is 27.3 Å². The van der Waals surface area contributed by atoms with Crippen LogP contribution in [0.4, 0.5) is 0 Å². The first-order valence-corrected chi connectivity index (χ1v) is 17.3. The van der Waals surface area contributed by atoms with Crippen LogP contribution < -0.4 is 16.4 Å². The number of hydrogen-bond acceptors (Lipinski definition) is 7. The Morgan fingerprint density at radius 2 is 1.80 bits per heavy atom. The third-order valence-corrected chi connectivity index (χ3v) is 9.04. The number of aromatic nitrogens is 4. The van der Waals surface area contributed by atoms with E-state index < -0.39 is 18.1 Å². The molecule has 0 radical (unpaired) electrons. The van der Waals surface area contributed by atoms with Crippen LogP contribution in [0.15, 0.2) is 60.8 Å². The van der Waals surface area contributed by atoms with E-state index in [0.29, 0.717) is 50.5 Å². The Balaban J connectivity index is 1.46. The molecule has 0 aliphatic carbocycles. The highest BCUT2D eigenvalue weighted by molar-refractivity contribution is 7.98. The van der Waals surface area contributed by atoms with Crippen molar-refractivity contribution in [1.29, 1.82) is 0 Å². The van der Waals surface area contributed by atoms with Crippen molar-refractivity contribution in [2.75, 3.05) is 25.1 Å². The maximum absolute atomic E-state index is 13.9. The minimum absolute atomic E-state index is 0.0253. The first-order valence-electron chi connectivity index (χ1n) is 15.9. The summed E-state index contributed by atoms with van der Waals surface area (Å²) in [6.07, 6.45) is 5.38. The van der Waals surface area contributed by atoms with E-state index in [0.717, 1.165) is 27.8 Å². The molecule has 0 unspecified atom stereocenters. The second kappa shape index (κ2) is 15.4. The second-order valence-electron chi connectivity index (χ2n) is 12.1. The van der Waals surface area contributed by atoms with E-state index in [-0.39, 0.29) is 30.1 Å². The summed E-state index contributed by atoms with van der Waals surface area (Å²) in [5.74, 6) is 1.19. The highest BCUT2D eigenvalue weighted by Crippen LogP contribution is 2.25. The highest BCUT2D eigenvalue weighted by atomic mass is 32.2. The molecule has 1 aliphatic heterocycles. The zero-order chi connectivity index (χ0) is 32.6. The van der Waals surface area contributed by atoms with E-state index in [4.69, 9.17) is 15.8 Å². The van der Waals surface area contributed by atoms with Gasteiger partial charge in [-0.1, -0.05) is 62.4 Å².